The molecule has 2 atom stereocenters. The summed E-state index contributed by atoms with van der Waals surface area (Å²) in [7, 11) is 0. The molecule has 3 heterocycles. The molecule has 0 saturated heterocycles. The maximum atomic E-state index is 13.3. The average Bonchev–Trinajstić information content (AvgIpc) is 3.35. The number of aryl methyl sites for hydroxylation is 1. The summed E-state index contributed by atoms with van der Waals surface area (Å²) >= 11 is 12.5. The zero-order valence-corrected chi connectivity index (χ0v) is 21.0. The highest BCUT2D eigenvalue weighted by molar-refractivity contribution is 6.32. The third-order valence-corrected chi connectivity index (χ3v) is 6.21. The van der Waals surface area contributed by atoms with Gasteiger partial charge in [0.25, 0.3) is 0 Å². The lowest BCUT2D eigenvalue weighted by atomic mass is 10.1. The van der Waals surface area contributed by atoms with E-state index in [1.165, 1.54) is 35.9 Å². The van der Waals surface area contributed by atoms with Crippen LogP contribution in [0.25, 0.3) is 16.9 Å². The monoisotopic (exact) mass is 556 g/mol. The second-order valence-electron chi connectivity index (χ2n) is 8.26. The second kappa shape index (κ2) is 10.3. The number of aromatic nitrogens is 6. The van der Waals surface area contributed by atoms with Gasteiger partial charge in [0.15, 0.2) is 17.8 Å². The summed E-state index contributed by atoms with van der Waals surface area (Å²) in [6.45, 7) is 1.83. The number of imidazole rings is 1. The molecule has 196 valence electrons. The summed E-state index contributed by atoms with van der Waals surface area (Å²) in [4.78, 5) is 21.8. The van der Waals surface area contributed by atoms with Crippen molar-refractivity contribution in [3.8, 4) is 16.9 Å². The van der Waals surface area contributed by atoms with Crippen LogP contribution >= 0.6 is 23.2 Å². The second-order valence-corrected chi connectivity index (χ2v) is 9.06. The van der Waals surface area contributed by atoms with Gasteiger partial charge in [-0.25, -0.2) is 14.5 Å². The van der Waals surface area contributed by atoms with E-state index >= 15 is 0 Å². The fourth-order valence-corrected chi connectivity index (χ4v) is 4.22. The lowest BCUT2D eigenvalue weighted by molar-refractivity contribution is -0.207. The van der Waals surface area contributed by atoms with Crippen molar-refractivity contribution in [1.29, 1.82) is 0 Å². The van der Waals surface area contributed by atoms with Crippen LogP contribution in [0, 0.1) is 6.92 Å². The lowest BCUT2D eigenvalue weighted by Gasteiger charge is -2.16. The predicted molar refractivity (Wildman–Crippen MR) is 130 cm³/mol. The average molecular weight is 557 g/mol. The Morgan fingerprint density at radius 1 is 1.08 bits per heavy atom. The summed E-state index contributed by atoms with van der Waals surface area (Å²) in [6, 6.07) is 9.38. The maximum Gasteiger partial charge on any atom is 0.416 e. The van der Waals surface area contributed by atoms with Crippen LogP contribution in [-0.4, -0.2) is 51.4 Å². The van der Waals surface area contributed by atoms with Gasteiger partial charge in [-0.05, 0) is 38.1 Å². The number of nitrogens with zero attached hydrogens (tertiary/aromatic N) is 6. The van der Waals surface area contributed by atoms with Crippen LogP contribution in [0.3, 0.4) is 0 Å². The molecule has 0 saturated carbocycles. The molecule has 0 fully saturated rings. The van der Waals surface area contributed by atoms with Crippen LogP contribution in [0.5, 0.6) is 0 Å². The number of aliphatic hydroxyl groups is 2. The number of halogens is 5. The molecule has 3 aromatic heterocycles. The predicted octanol–water partition coefficient (Wildman–Crippen LogP) is 3.93. The molecule has 0 aliphatic rings. The standard InChI is InChI=1S/C23H21Cl2F3N6O3/c1-12-16(4-3-9-29-12)34-21(13(2)35)30-18(31-34)11-33-20(25)19(14-5-7-15(24)8-6-14)32(22(33)37)10-17(36)23(26,27)28/h3-9,13,17,35-36H,10-11H2,1-2H3. The highest BCUT2D eigenvalue weighted by Crippen LogP contribution is 2.31. The molecule has 2 unspecified atom stereocenters. The van der Waals surface area contributed by atoms with E-state index in [1.807, 2.05) is 0 Å². The van der Waals surface area contributed by atoms with Crippen molar-refractivity contribution >= 4 is 23.2 Å². The minimum absolute atomic E-state index is 0.0371. The van der Waals surface area contributed by atoms with Crippen LogP contribution in [0.4, 0.5) is 13.2 Å². The molecule has 2 N–H and O–H groups in total. The Balaban J connectivity index is 1.83. The van der Waals surface area contributed by atoms with E-state index < -0.39 is 30.6 Å². The summed E-state index contributed by atoms with van der Waals surface area (Å²) in [5.41, 5.74) is 0.515. The fourth-order valence-electron chi connectivity index (χ4n) is 3.75. The molecule has 0 radical (unpaired) electrons. The van der Waals surface area contributed by atoms with Crippen LogP contribution < -0.4 is 5.69 Å². The molecule has 9 nitrogen and oxygen atoms in total. The first-order valence-electron chi connectivity index (χ1n) is 10.9. The van der Waals surface area contributed by atoms with Crippen LogP contribution in [-0.2, 0) is 13.1 Å². The SMILES string of the molecule is Cc1ncccc1-n1nc(Cn2c(Cl)c(-c3ccc(Cl)cc3)n(CC(O)C(F)(F)F)c2=O)nc1C(C)O. The molecule has 4 rings (SSSR count). The van der Waals surface area contributed by atoms with Gasteiger partial charge >= 0.3 is 11.9 Å². The first-order chi connectivity index (χ1) is 17.4. The number of alkyl halides is 3. The molecule has 0 amide bonds. The minimum Gasteiger partial charge on any atom is -0.385 e. The van der Waals surface area contributed by atoms with Crippen LogP contribution in [0.2, 0.25) is 10.2 Å². The van der Waals surface area contributed by atoms with Gasteiger partial charge in [0.1, 0.15) is 11.3 Å². The molecule has 0 aliphatic heterocycles. The molecule has 1 aromatic carbocycles. The molecule has 0 spiro atoms. The van der Waals surface area contributed by atoms with E-state index in [2.05, 4.69) is 15.1 Å². The summed E-state index contributed by atoms with van der Waals surface area (Å²) < 4.78 is 42.6. The van der Waals surface area contributed by atoms with E-state index in [-0.39, 0.29) is 29.0 Å². The molecule has 37 heavy (non-hydrogen) atoms. The fraction of sp³-hybridized carbons (Fsp3) is 0.304. The minimum atomic E-state index is -4.96. The number of aliphatic hydroxyl groups excluding tert-OH is 2. The third kappa shape index (κ3) is 5.42. The Hall–Kier alpha value is -3.19. The van der Waals surface area contributed by atoms with E-state index in [0.29, 0.717) is 22.0 Å². The molecule has 0 aliphatic carbocycles. The van der Waals surface area contributed by atoms with Gasteiger partial charge in [-0.2, -0.15) is 13.2 Å². The normalized spacial score (nSPS) is 13.6. The van der Waals surface area contributed by atoms with Crippen molar-refractivity contribution < 1.29 is 23.4 Å². The van der Waals surface area contributed by atoms with Gasteiger partial charge in [0.05, 0.1) is 30.2 Å². The molecule has 0 bridgehead atoms. The number of benzene rings is 1. The number of rotatable bonds is 7. The maximum absolute atomic E-state index is 13.3. The Labute approximate surface area is 218 Å². The van der Waals surface area contributed by atoms with Crippen LogP contribution in [0.1, 0.15) is 30.4 Å². The topological polar surface area (TPSA) is 111 Å². The number of hydrogen-bond acceptors (Lipinski definition) is 6. The lowest BCUT2D eigenvalue weighted by Crippen LogP contribution is -2.37. The summed E-state index contributed by atoms with van der Waals surface area (Å²) in [5, 5.41) is 24.5. The van der Waals surface area contributed by atoms with Crippen molar-refractivity contribution in [3.05, 3.63) is 80.6 Å². The zero-order chi connectivity index (χ0) is 27.1. The van der Waals surface area contributed by atoms with E-state index in [0.717, 1.165) is 9.13 Å². The highest BCUT2D eigenvalue weighted by atomic mass is 35.5. The largest absolute Gasteiger partial charge is 0.416 e. The smallest absolute Gasteiger partial charge is 0.385 e. The third-order valence-electron chi connectivity index (χ3n) is 5.57. The Kier molecular flexibility index (Phi) is 7.47. The van der Waals surface area contributed by atoms with E-state index in [4.69, 9.17) is 23.2 Å². The zero-order valence-electron chi connectivity index (χ0n) is 19.5. The Bertz CT molecular complexity index is 1480. The van der Waals surface area contributed by atoms with Crippen LogP contribution in [0.15, 0.2) is 47.4 Å². The first kappa shape index (κ1) is 26.9. The van der Waals surface area contributed by atoms with Gasteiger partial charge in [-0.15, -0.1) is 5.10 Å². The van der Waals surface area contributed by atoms with Gasteiger partial charge in [-0.1, -0.05) is 35.3 Å². The van der Waals surface area contributed by atoms with Gasteiger partial charge in [0.2, 0.25) is 0 Å². The van der Waals surface area contributed by atoms with Gasteiger partial charge < -0.3 is 10.2 Å². The van der Waals surface area contributed by atoms with Crippen molar-refractivity contribution in [2.45, 2.75) is 45.3 Å². The van der Waals surface area contributed by atoms with E-state index in [1.54, 1.807) is 25.3 Å². The highest BCUT2D eigenvalue weighted by Gasteiger charge is 2.39. The van der Waals surface area contributed by atoms with Crippen molar-refractivity contribution in [1.82, 2.24) is 28.9 Å². The molecule has 14 heteroatoms. The first-order valence-corrected chi connectivity index (χ1v) is 11.7. The van der Waals surface area contributed by atoms with Gasteiger partial charge in [0, 0.05) is 16.8 Å². The number of pyridine rings is 1. The quantitative estimate of drug-likeness (QED) is 0.357. The van der Waals surface area contributed by atoms with Crippen molar-refractivity contribution in [2.24, 2.45) is 0 Å². The summed E-state index contributed by atoms with van der Waals surface area (Å²) in [6.07, 6.45) is -7.21. The number of hydrogen-bond donors (Lipinski definition) is 2. The molecular formula is C23H21Cl2F3N6O3. The van der Waals surface area contributed by atoms with Gasteiger partial charge in [-0.3, -0.25) is 14.1 Å². The summed E-state index contributed by atoms with van der Waals surface area (Å²) in [5.74, 6) is 0.236. The van der Waals surface area contributed by atoms with Crippen molar-refractivity contribution in [2.75, 3.05) is 0 Å². The molecule has 4 aromatic rings. The van der Waals surface area contributed by atoms with E-state index in [9.17, 15) is 28.2 Å². The Morgan fingerprint density at radius 2 is 1.76 bits per heavy atom. The van der Waals surface area contributed by atoms with Crippen molar-refractivity contribution in [3.63, 3.8) is 0 Å². The Morgan fingerprint density at radius 3 is 2.35 bits per heavy atom. The molecular weight excluding hydrogens is 536 g/mol.